The minimum atomic E-state index is 1.30. The number of unbranched alkanes of at least 4 members (excludes halogenated alkanes) is 8. The summed E-state index contributed by atoms with van der Waals surface area (Å²) in [6.45, 7) is 4.53. The lowest BCUT2D eigenvalue weighted by Gasteiger charge is -1.95. The maximum absolute atomic E-state index is 2.38. The Labute approximate surface area is 90.8 Å². The summed E-state index contributed by atoms with van der Waals surface area (Å²) < 4.78 is 0. The third-order valence-corrected chi connectivity index (χ3v) is 2.62. The number of hydrogen-bond acceptors (Lipinski definition) is 0. The summed E-state index contributed by atoms with van der Waals surface area (Å²) in [4.78, 5) is 0. The minimum absolute atomic E-state index is 1.30. The fraction of sp³-hybridized carbons (Fsp3) is 0.857. The molecule has 0 bridgehead atoms. The zero-order chi connectivity index (χ0) is 10.5. The van der Waals surface area contributed by atoms with E-state index in [4.69, 9.17) is 0 Å². The molecule has 84 valence electrons. The Morgan fingerprint density at radius 2 is 1.00 bits per heavy atom. The number of allylic oxidation sites excluding steroid dienone is 2. The average molecular weight is 196 g/mol. The maximum atomic E-state index is 2.38. The van der Waals surface area contributed by atoms with Gasteiger partial charge in [-0.25, -0.2) is 0 Å². The quantitative estimate of drug-likeness (QED) is 0.320. The molecule has 0 aliphatic rings. The molecular formula is C14H28. The molecule has 0 spiro atoms. The van der Waals surface area contributed by atoms with Crippen molar-refractivity contribution in [3.8, 4) is 0 Å². The molecule has 0 atom stereocenters. The van der Waals surface area contributed by atoms with Gasteiger partial charge in [0, 0.05) is 0 Å². The van der Waals surface area contributed by atoms with E-state index in [1.807, 2.05) is 0 Å². The van der Waals surface area contributed by atoms with Crippen LogP contribution < -0.4 is 0 Å². The van der Waals surface area contributed by atoms with Gasteiger partial charge >= 0.3 is 0 Å². The van der Waals surface area contributed by atoms with Crippen LogP contribution in [0.5, 0.6) is 0 Å². The lowest BCUT2D eigenvalue weighted by atomic mass is 10.1. The predicted octanol–water partition coefficient (Wildman–Crippen LogP) is 5.48. The smallest absolute Gasteiger partial charge is 0.0351 e. The van der Waals surface area contributed by atoms with Crippen LogP contribution in [0.2, 0.25) is 0 Å². The van der Waals surface area contributed by atoms with Gasteiger partial charge in [-0.1, -0.05) is 64.5 Å². The summed E-state index contributed by atoms with van der Waals surface area (Å²) in [6.07, 6.45) is 18.5. The molecule has 0 heteroatoms. The zero-order valence-electron chi connectivity index (χ0n) is 10.2. The van der Waals surface area contributed by atoms with E-state index in [1.54, 1.807) is 0 Å². The van der Waals surface area contributed by atoms with Crippen LogP contribution in [-0.4, -0.2) is 0 Å². The lowest BCUT2D eigenvalue weighted by molar-refractivity contribution is 0.665. The highest BCUT2D eigenvalue weighted by molar-refractivity contribution is 4.81. The van der Waals surface area contributed by atoms with Crippen LogP contribution in [0.25, 0.3) is 0 Å². The standard InChI is InChI=1S/C14H28/c1-3-5-7-9-11-13-14-12-10-8-6-4-2/h13-14H,3-12H2,1-2H3/b14-13-. The normalized spacial score (nSPS) is 11.3. The van der Waals surface area contributed by atoms with E-state index in [0.717, 1.165) is 0 Å². The molecule has 0 radical (unpaired) electrons. The molecule has 0 aromatic carbocycles. The molecule has 0 saturated carbocycles. The van der Waals surface area contributed by atoms with E-state index < -0.39 is 0 Å². The van der Waals surface area contributed by atoms with Crippen LogP contribution in [0.15, 0.2) is 12.2 Å². The Hall–Kier alpha value is -0.260. The molecule has 0 aromatic rings. The summed E-state index contributed by atoms with van der Waals surface area (Å²) in [6, 6.07) is 0. The van der Waals surface area contributed by atoms with E-state index in [2.05, 4.69) is 26.0 Å². The van der Waals surface area contributed by atoms with Gasteiger partial charge in [-0.3, -0.25) is 0 Å². The molecule has 0 aliphatic heterocycles. The zero-order valence-corrected chi connectivity index (χ0v) is 10.2. The van der Waals surface area contributed by atoms with E-state index in [-0.39, 0.29) is 0 Å². The minimum Gasteiger partial charge on any atom is -0.0885 e. The van der Waals surface area contributed by atoms with Crippen molar-refractivity contribution in [2.75, 3.05) is 0 Å². The number of rotatable bonds is 10. The Balaban J connectivity index is 2.96. The molecule has 0 fully saturated rings. The summed E-state index contributed by atoms with van der Waals surface area (Å²) in [5, 5.41) is 0. The molecule has 0 nitrogen and oxygen atoms in total. The predicted molar refractivity (Wildman–Crippen MR) is 66.7 cm³/mol. The highest BCUT2D eigenvalue weighted by Crippen LogP contribution is 2.05. The fourth-order valence-corrected chi connectivity index (χ4v) is 1.61. The van der Waals surface area contributed by atoms with Crippen LogP contribution in [0.4, 0.5) is 0 Å². The third-order valence-electron chi connectivity index (χ3n) is 2.62. The molecule has 0 heterocycles. The first-order valence-corrected chi connectivity index (χ1v) is 6.56. The molecular weight excluding hydrogens is 168 g/mol. The van der Waals surface area contributed by atoms with Gasteiger partial charge < -0.3 is 0 Å². The van der Waals surface area contributed by atoms with Crippen molar-refractivity contribution in [1.82, 2.24) is 0 Å². The van der Waals surface area contributed by atoms with Gasteiger partial charge in [-0.2, -0.15) is 0 Å². The van der Waals surface area contributed by atoms with Crippen molar-refractivity contribution in [3.63, 3.8) is 0 Å². The van der Waals surface area contributed by atoms with Crippen LogP contribution in [0, 0.1) is 0 Å². The molecule has 0 rings (SSSR count). The van der Waals surface area contributed by atoms with Crippen molar-refractivity contribution < 1.29 is 0 Å². The molecule has 0 aromatic heterocycles. The van der Waals surface area contributed by atoms with Gasteiger partial charge in [0.15, 0.2) is 0 Å². The molecule has 0 unspecified atom stereocenters. The van der Waals surface area contributed by atoms with Crippen molar-refractivity contribution in [3.05, 3.63) is 12.2 Å². The Morgan fingerprint density at radius 3 is 1.36 bits per heavy atom. The van der Waals surface area contributed by atoms with Crippen LogP contribution in [0.1, 0.15) is 78.1 Å². The highest BCUT2D eigenvalue weighted by atomic mass is 13.9. The van der Waals surface area contributed by atoms with E-state index in [0.29, 0.717) is 0 Å². The van der Waals surface area contributed by atoms with Crippen LogP contribution in [-0.2, 0) is 0 Å². The average Bonchev–Trinajstić information content (AvgIpc) is 2.21. The van der Waals surface area contributed by atoms with E-state index in [9.17, 15) is 0 Å². The SMILES string of the molecule is CCCCCC/C=C\CCCCCC. The molecule has 0 N–H and O–H groups in total. The lowest BCUT2D eigenvalue weighted by Crippen LogP contribution is -1.75. The van der Waals surface area contributed by atoms with Gasteiger partial charge in [0.25, 0.3) is 0 Å². The fourth-order valence-electron chi connectivity index (χ4n) is 1.61. The molecule has 0 saturated heterocycles. The topological polar surface area (TPSA) is 0 Å². The van der Waals surface area contributed by atoms with Crippen molar-refractivity contribution in [2.24, 2.45) is 0 Å². The van der Waals surface area contributed by atoms with Gasteiger partial charge in [0.2, 0.25) is 0 Å². The van der Waals surface area contributed by atoms with Crippen LogP contribution >= 0.6 is 0 Å². The molecule has 0 amide bonds. The van der Waals surface area contributed by atoms with Crippen molar-refractivity contribution >= 4 is 0 Å². The van der Waals surface area contributed by atoms with Gasteiger partial charge in [0.1, 0.15) is 0 Å². The summed E-state index contributed by atoms with van der Waals surface area (Å²) in [5.74, 6) is 0. The molecule has 0 aliphatic carbocycles. The monoisotopic (exact) mass is 196 g/mol. The highest BCUT2D eigenvalue weighted by Gasteiger charge is 1.86. The third kappa shape index (κ3) is 11.7. The second-order valence-corrected chi connectivity index (χ2v) is 4.17. The molecule has 14 heavy (non-hydrogen) atoms. The van der Waals surface area contributed by atoms with E-state index in [1.165, 1.54) is 64.2 Å². The first-order chi connectivity index (χ1) is 6.91. The Bertz CT molecular complexity index is 99.2. The number of hydrogen-bond donors (Lipinski definition) is 0. The maximum Gasteiger partial charge on any atom is -0.0351 e. The Morgan fingerprint density at radius 1 is 0.571 bits per heavy atom. The van der Waals surface area contributed by atoms with Crippen molar-refractivity contribution in [2.45, 2.75) is 78.1 Å². The van der Waals surface area contributed by atoms with Gasteiger partial charge in [-0.05, 0) is 25.7 Å². The second-order valence-electron chi connectivity index (χ2n) is 4.17. The summed E-state index contributed by atoms with van der Waals surface area (Å²) in [5.41, 5.74) is 0. The largest absolute Gasteiger partial charge is 0.0885 e. The Kier molecular flexibility index (Phi) is 12.5. The summed E-state index contributed by atoms with van der Waals surface area (Å²) in [7, 11) is 0. The van der Waals surface area contributed by atoms with E-state index >= 15 is 0 Å². The van der Waals surface area contributed by atoms with Gasteiger partial charge in [-0.15, -0.1) is 0 Å². The summed E-state index contributed by atoms with van der Waals surface area (Å²) >= 11 is 0. The van der Waals surface area contributed by atoms with Gasteiger partial charge in [0.05, 0.1) is 0 Å². The van der Waals surface area contributed by atoms with Crippen molar-refractivity contribution in [1.29, 1.82) is 0 Å². The van der Waals surface area contributed by atoms with Crippen LogP contribution in [0.3, 0.4) is 0 Å². The first-order valence-electron chi connectivity index (χ1n) is 6.56. The first kappa shape index (κ1) is 13.7. The second kappa shape index (κ2) is 12.7.